The Bertz CT molecular complexity index is 1060. The van der Waals surface area contributed by atoms with Crippen LogP contribution in [0.15, 0.2) is 73.1 Å². The summed E-state index contributed by atoms with van der Waals surface area (Å²) >= 11 is 0. The summed E-state index contributed by atoms with van der Waals surface area (Å²) in [6, 6.07) is 15.3. The quantitative estimate of drug-likeness (QED) is 0.641. The van der Waals surface area contributed by atoms with Crippen molar-refractivity contribution in [2.45, 2.75) is 12.6 Å². The van der Waals surface area contributed by atoms with Gasteiger partial charge in [-0.2, -0.15) is 13.2 Å². The van der Waals surface area contributed by atoms with Gasteiger partial charge in [-0.1, -0.05) is 12.1 Å². The molecule has 3 aromatic rings. The molecule has 1 aliphatic rings. The average Bonchev–Trinajstić information content (AvgIpc) is 3.37. The van der Waals surface area contributed by atoms with Crippen LogP contribution in [0, 0.1) is 5.92 Å². The van der Waals surface area contributed by atoms with Crippen LogP contribution in [0.1, 0.15) is 12.0 Å². The zero-order valence-electron chi connectivity index (χ0n) is 15.8. The lowest BCUT2D eigenvalue weighted by molar-refractivity contribution is -0.137. The Morgan fingerprint density at radius 2 is 1.57 bits per heavy atom. The Kier molecular flexibility index (Phi) is 5.07. The number of carbonyl (C=O) groups excluding carboxylic acids is 2. The molecule has 0 saturated carbocycles. The summed E-state index contributed by atoms with van der Waals surface area (Å²) in [6.07, 6.45) is -0.384. The molecule has 0 unspecified atom stereocenters. The van der Waals surface area contributed by atoms with Crippen LogP contribution >= 0.6 is 0 Å². The van der Waals surface area contributed by atoms with Crippen molar-refractivity contribution in [2.75, 3.05) is 16.8 Å². The molecule has 0 aliphatic carbocycles. The monoisotopic (exact) mass is 413 g/mol. The first kappa shape index (κ1) is 19.8. The molecule has 1 atom stereocenters. The Labute approximate surface area is 170 Å². The SMILES string of the molecule is O=C(Nc1ccc(C(F)(F)F)cc1)[C@@H]1CCN(c2ccccc2-n2cccc2)C1=O. The highest BCUT2D eigenvalue weighted by atomic mass is 19.4. The van der Waals surface area contributed by atoms with Gasteiger partial charge in [0.1, 0.15) is 5.92 Å². The lowest BCUT2D eigenvalue weighted by Gasteiger charge is -2.21. The van der Waals surface area contributed by atoms with Gasteiger partial charge in [0.2, 0.25) is 11.8 Å². The number of anilines is 2. The minimum Gasteiger partial charge on any atom is -0.325 e. The molecule has 1 saturated heterocycles. The highest BCUT2D eigenvalue weighted by molar-refractivity contribution is 6.13. The smallest absolute Gasteiger partial charge is 0.325 e. The van der Waals surface area contributed by atoms with Crippen LogP contribution in [0.5, 0.6) is 0 Å². The summed E-state index contributed by atoms with van der Waals surface area (Å²) in [5.74, 6) is -1.76. The van der Waals surface area contributed by atoms with Crippen molar-refractivity contribution in [3.8, 4) is 5.69 Å². The van der Waals surface area contributed by atoms with Crippen LogP contribution < -0.4 is 10.2 Å². The molecule has 8 heteroatoms. The van der Waals surface area contributed by atoms with Crippen LogP contribution in [0.4, 0.5) is 24.5 Å². The van der Waals surface area contributed by atoms with Gasteiger partial charge in [-0.15, -0.1) is 0 Å². The molecule has 1 fully saturated rings. The van der Waals surface area contributed by atoms with E-state index >= 15 is 0 Å². The van der Waals surface area contributed by atoms with Crippen molar-refractivity contribution >= 4 is 23.2 Å². The average molecular weight is 413 g/mol. The molecule has 2 amide bonds. The van der Waals surface area contributed by atoms with E-state index in [-0.39, 0.29) is 11.6 Å². The van der Waals surface area contributed by atoms with E-state index in [1.165, 1.54) is 12.1 Å². The number of halogens is 3. The number of nitrogens with one attached hydrogen (secondary N) is 1. The van der Waals surface area contributed by atoms with Gasteiger partial charge in [0, 0.05) is 24.6 Å². The Morgan fingerprint density at radius 3 is 2.20 bits per heavy atom. The third-order valence-corrected chi connectivity index (χ3v) is 5.06. The third kappa shape index (κ3) is 3.80. The van der Waals surface area contributed by atoms with E-state index in [2.05, 4.69) is 5.32 Å². The maximum atomic E-state index is 13.0. The predicted octanol–water partition coefficient (Wildman–Crippen LogP) is 4.49. The van der Waals surface area contributed by atoms with Gasteiger partial charge in [-0.05, 0) is 55.0 Å². The van der Waals surface area contributed by atoms with Crippen molar-refractivity contribution in [1.82, 2.24) is 4.57 Å². The Hall–Kier alpha value is -3.55. The number of hydrogen-bond donors (Lipinski definition) is 1. The molecule has 1 aromatic heterocycles. The number of amides is 2. The standard InChI is InChI=1S/C22H18F3N3O2/c23-22(24,25)15-7-9-16(10-8-15)26-20(29)17-11-14-28(21(17)30)19-6-2-1-5-18(19)27-12-3-4-13-27/h1-10,12-13,17H,11,14H2,(H,26,29)/t17-/m0/s1. The summed E-state index contributed by atoms with van der Waals surface area (Å²) in [6.45, 7) is 0.377. The van der Waals surface area contributed by atoms with Crippen molar-refractivity contribution in [3.05, 3.63) is 78.6 Å². The fourth-order valence-electron chi connectivity index (χ4n) is 3.54. The van der Waals surface area contributed by atoms with Crippen LogP contribution in [-0.4, -0.2) is 22.9 Å². The van der Waals surface area contributed by atoms with Crippen LogP contribution in [0.3, 0.4) is 0 Å². The van der Waals surface area contributed by atoms with Crippen LogP contribution in [0.2, 0.25) is 0 Å². The number of hydrogen-bond acceptors (Lipinski definition) is 2. The largest absolute Gasteiger partial charge is 0.416 e. The topological polar surface area (TPSA) is 54.3 Å². The summed E-state index contributed by atoms with van der Waals surface area (Å²) in [7, 11) is 0. The summed E-state index contributed by atoms with van der Waals surface area (Å²) < 4.78 is 39.9. The second-order valence-corrected chi connectivity index (χ2v) is 6.97. The molecule has 2 heterocycles. The molecular weight excluding hydrogens is 395 g/mol. The highest BCUT2D eigenvalue weighted by Crippen LogP contribution is 2.32. The number of aromatic nitrogens is 1. The third-order valence-electron chi connectivity index (χ3n) is 5.06. The maximum absolute atomic E-state index is 13.0. The first-order valence-electron chi connectivity index (χ1n) is 9.36. The number of rotatable bonds is 4. The van der Waals surface area contributed by atoms with Crippen molar-refractivity contribution in [3.63, 3.8) is 0 Å². The molecule has 0 bridgehead atoms. The van der Waals surface area contributed by atoms with Crippen LogP contribution in [-0.2, 0) is 15.8 Å². The Morgan fingerprint density at radius 1 is 0.933 bits per heavy atom. The summed E-state index contributed by atoms with van der Waals surface area (Å²) in [4.78, 5) is 27.1. The molecule has 1 N–H and O–H groups in total. The summed E-state index contributed by atoms with van der Waals surface area (Å²) in [5, 5.41) is 2.55. The van der Waals surface area contributed by atoms with E-state index in [0.29, 0.717) is 18.7 Å². The fraction of sp³-hybridized carbons (Fsp3) is 0.182. The maximum Gasteiger partial charge on any atom is 0.416 e. The van der Waals surface area contributed by atoms with E-state index in [1.807, 2.05) is 53.4 Å². The minimum absolute atomic E-state index is 0.215. The molecule has 4 rings (SSSR count). The normalized spacial score (nSPS) is 16.7. The zero-order chi connectivity index (χ0) is 21.3. The molecule has 30 heavy (non-hydrogen) atoms. The van der Waals surface area contributed by atoms with Gasteiger partial charge in [-0.3, -0.25) is 9.59 Å². The van der Waals surface area contributed by atoms with E-state index < -0.39 is 23.6 Å². The lowest BCUT2D eigenvalue weighted by Crippen LogP contribution is -2.33. The van der Waals surface area contributed by atoms with Crippen molar-refractivity contribution < 1.29 is 22.8 Å². The van der Waals surface area contributed by atoms with Crippen molar-refractivity contribution in [1.29, 1.82) is 0 Å². The van der Waals surface area contributed by atoms with E-state index in [9.17, 15) is 22.8 Å². The molecule has 0 radical (unpaired) electrons. The number of alkyl halides is 3. The minimum atomic E-state index is -4.45. The van der Waals surface area contributed by atoms with Gasteiger partial charge in [0.15, 0.2) is 0 Å². The highest BCUT2D eigenvalue weighted by Gasteiger charge is 2.38. The molecule has 154 valence electrons. The van der Waals surface area contributed by atoms with Gasteiger partial charge in [0.05, 0.1) is 16.9 Å². The van der Waals surface area contributed by atoms with Gasteiger partial charge >= 0.3 is 6.18 Å². The van der Waals surface area contributed by atoms with Gasteiger partial charge in [0.25, 0.3) is 0 Å². The van der Waals surface area contributed by atoms with Crippen LogP contribution in [0.25, 0.3) is 5.69 Å². The second kappa shape index (κ2) is 7.70. The number of para-hydroxylation sites is 2. The first-order chi connectivity index (χ1) is 14.3. The lowest BCUT2D eigenvalue weighted by atomic mass is 10.1. The van der Waals surface area contributed by atoms with E-state index in [0.717, 1.165) is 17.8 Å². The van der Waals surface area contributed by atoms with E-state index in [4.69, 9.17) is 0 Å². The number of carbonyl (C=O) groups is 2. The van der Waals surface area contributed by atoms with Gasteiger partial charge < -0.3 is 14.8 Å². The van der Waals surface area contributed by atoms with E-state index in [1.54, 1.807) is 4.90 Å². The molecule has 0 spiro atoms. The second-order valence-electron chi connectivity index (χ2n) is 6.97. The molecule has 5 nitrogen and oxygen atoms in total. The first-order valence-corrected chi connectivity index (χ1v) is 9.36. The summed E-state index contributed by atoms with van der Waals surface area (Å²) in [5.41, 5.74) is 0.931. The number of nitrogens with zero attached hydrogens (tertiary/aromatic N) is 2. The predicted molar refractivity (Wildman–Crippen MR) is 106 cm³/mol. The number of benzene rings is 2. The zero-order valence-corrected chi connectivity index (χ0v) is 15.8. The van der Waals surface area contributed by atoms with Gasteiger partial charge in [-0.25, -0.2) is 0 Å². The molecular formula is C22H18F3N3O2. The van der Waals surface area contributed by atoms with Crippen molar-refractivity contribution in [2.24, 2.45) is 5.92 Å². The molecule has 2 aromatic carbocycles. The fourth-order valence-corrected chi connectivity index (χ4v) is 3.54. The Balaban J connectivity index is 1.49. The molecule has 1 aliphatic heterocycles.